The molecule has 0 bridgehead atoms. The quantitative estimate of drug-likeness (QED) is 0.466. The van der Waals surface area contributed by atoms with Gasteiger partial charge < -0.3 is 21.9 Å². The second kappa shape index (κ2) is 101. The largest absolute Gasteiger partial charge is 2.00 e. The molecule has 0 rings (SSSR count). The van der Waals surface area contributed by atoms with Gasteiger partial charge in [-0.1, -0.05) is 0 Å². The van der Waals surface area contributed by atoms with Crippen molar-refractivity contribution in [3.63, 3.8) is 0 Å². The van der Waals surface area contributed by atoms with E-state index in [-0.39, 0.29) is 86.2 Å². The predicted molar refractivity (Wildman–Crippen MR) is 13.5 cm³/mol. The van der Waals surface area contributed by atoms with E-state index in [1.807, 2.05) is 0 Å². The smallest absolute Gasteiger partial charge is 0.870 e. The van der Waals surface area contributed by atoms with Crippen molar-refractivity contribution in [3.05, 3.63) is 0 Å². The van der Waals surface area contributed by atoms with Crippen molar-refractivity contribution >= 4 is 23.1 Å². The molecule has 0 saturated heterocycles. The minimum Gasteiger partial charge on any atom is -0.870 e. The first-order valence-corrected chi connectivity index (χ1v) is 0. The molecule has 4 nitrogen and oxygen atoms in total. The van der Waals surface area contributed by atoms with Gasteiger partial charge in [-0.15, -0.1) is 0 Å². The van der Waals surface area contributed by atoms with Gasteiger partial charge in [-0.25, -0.2) is 0 Å². The molecular weight excluding hydrogens is 202 g/mol. The fourth-order valence-corrected chi connectivity index (χ4v) is 0. The fraction of sp³-hybridized carbons (Fsp3) is 0. The van der Waals surface area contributed by atoms with Gasteiger partial charge >= 0.3 is 42.5 Å². The van der Waals surface area contributed by atoms with Crippen LogP contribution in [0.3, 0.4) is 0 Å². The molecule has 0 aromatic carbocycles. The van der Waals surface area contributed by atoms with Crippen LogP contribution in [0.1, 0.15) is 0 Å². The first-order valence-electron chi connectivity index (χ1n) is 0. The van der Waals surface area contributed by atoms with Gasteiger partial charge in [0.1, 0.15) is 0 Å². The molecule has 0 aliphatic carbocycles. The Kier molecular flexibility index (Phi) is 2160. The van der Waals surface area contributed by atoms with Crippen LogP contribution in [0.25, 0.3) is 0 Å². The molecule has 0 aliphatic heterocycles. The van der Waals surface area contributed by atoms with Crippen molar-refractivity contribution in [3.8, 4) is 0 Å². The molecule has 36 valence electrons. The van der Waals surface area contributed by atoms with Crippen molar-refractivity contribution in [2.75, 3.05) is 0 Å². The maximum absolute atomic E-state index is 0. The van der Waals surface area contributed by atoms with Crippen molar-refractivity contribution in [2.24, 2.45) is 0 Å². The third kappa shape index (κ3) is 74.3. The Morgan fingerprint density at radius 3 is 0.571 bits per heavy atom. The summed E-state index contributed by atoms with van der Waals surface area (Å²) in [4.78, 5) is 0. The molecule has 0 fully saturated rings. The standard InChI is InChI=1S/Mg.4H2O.Ti.Zn/h;4*1H2;;/q+2;;;;;;+2/p-4. The second-order valence-electron chi connectivity index (χ2n) is 0. The average molecular weight is 206 g/mol. The molecule has 0 aliphatic rings. The van der Waals surface area contributed by atoms with E-state index in [2.05, 4.69) is 0 Å². The van der Waals surface area contributed by atoms with Crippen LogP contribution < -0.4 is 0 Å². The van der Waals surface area contributed by atoms with Gasteiger partial charge in [-0.2, -0.15) is 0 Å². The molecular formula is H4MgO4TiZn. The summed E-state index contributed by atoms with van der Waals surface area (Å²) in [6, 6.07) is 0. The minimum atomic E-state index is 0. The average Bonchev–Trinajstić information content (AvgIpc) is 0. The molecule has 0 aromatic heterocycles. The monoisotopic (exact) mass is 204 g/mol. The zero-order valence-corrected chi connectivity index (χ0v) is 9.65. The van der Waals surface area contributed by atoms with Crippen LogP contribution in [-0.4, -0.2) is 45.0 Å². The van der Waals surface area contributed by atoms with Gasteiger partial charge in [-0.3, -0.25) is 0 Å². The maximum atomic E-state index is 0. The molecule has 0 unspecified atom stereocenters. The van der Waals surface area contributed by atoms with Crippen LogP contribution in [0.15, 0.2) is 0 Å². The zero-order valence-electron chi connectivity index (χ0n) is 3.70. The third-order valence-corrected chi connectivity index (χ3v) is 0. The maximum Gasteiger partial charge on any atom is 2.00 e. The summed E-state index contributed by atoms with van der Waals surface area (Å²) in [5.41, 5.74) is 0. The third-order valence-electron chi connectivity index (χ3n) is 0. The van der Waals surface area contributed by atoms with Crippen molar-refractivity contribution in [2.45, 2.75) is 0 Å². The molecule has 0 heterocycles. The van der Waals surface area contributed by atoms with Crippen molar-refractivity contribution < 1.29 is 63.1 Å². The van der Waals surface area contributed by atoms with Gasteiger partial charge in [0.25, 0.3) is 0 Å². The van der Waals surface area contributed by atoms with Gasteiger partial charge in [0.15, 0.2) is 0 Å². The van der Waals surface area contributed by atoms with Crippen molar-refractivity contribution in [1.82, 2.24) is 0 Å². The Balaban J connectivity index is 0. The molecule has 0 aromatic rings. The van der Waals surface area contributed by atoms with Gasteiger partial charge in [0, 0.05) is 21.7 Å². The normalized spacial score (nSPS) is 0. The molecule has 7 heteroatoms. The molecule has 4 N–H and O–H groups in total. The Morgan fingerprint density at radius 1 is 0.571 bits per heavy atom. The van der Waals surface area contributed by atoms with E-state index >= 15 is 0 Å². The summed E-state index contributed by atoms with van der Waals surface area (Å²) in [5, 5.41) is 0. The molecule has 0 spiro atoms. The summed E-state index contributed by atoms with van der Waals surface area (Å²) in [7, 11) is 0. The number of hydrogen-bond donors (Lipinski definition) is 0. The minimum absolute atomic E-state index is 0. The van der Waals surface area contributed by atoms with Crippen LogP contribution in [0, 0.1) is 0 Å². The molecule has 0 saturated carbocycles. The van der Waals surface area contributed by atoms with Crippen LogP contribution in [-0.2, 0) is 41.2 Å². The topological polar surface area (TPSA) is 120 Å². The van der Waals surface area contributed by atoms with Crippen LogP contribution in [0.5, 0.6) is 0 Å². The van der Waals surface area contributed by atoms with E-state index in [4.69, 9.17) is 0 Å². The first kappa shape index (κ1) is 149. The summed E-state index contributed by atoms with van der Waals surface area (Å²) in [5.74, 6) is 0. The van der Waals surface area contributed by atoms with Gasteiger partial charge in [-0.05, 0) is 0 Å². The van der Waals surface area contributed by atoms with Crippen LogP contribution >= 0.6 is 0 Å². The van der Waals surface area contributed by atoms with Crippen LogP contribution in [0.4, 0.5) is 0 Å². The Labute approximate surface area is 85.5 Å². The fourth-order valence-electron chi connectivity index (χ4n) is 0. The van der Waals surface area contributed by atoms with Gasteiger partial charge in [0.2, 0.25) is 0 Å². The Hall–Kier alpha value is 1.94. The second-order valence-corrected chi connectivity index (χ2v) is 0. The molecule has 0 atom stereocenters. The Bertz CT molecular complexity index is 11.7. The molecule has 0 amide bonds. The van der Waals surface area contributed by atoms with E-state index < -0.39 is 0 Å². The summed E-state index contributed by atoms with van der Waals surface area (Å²) < 4.78 is 0. The van der Waals surface area contributed by atoms with E-state index in [1.54, 1.807) is 0 Å². The van der Waals surface area contributed by atoms with E-state index in [0.717, 1.165) is 0 Å². The first-order chi connectivity index (χ1) is 0. The predicted octanol–water partition coefficient (Wildman–Crippen LogP) is -1.09. The summed E-state index contributed by atoms with van der Waals surface area (Å²) >= 11 is 0. The van der Waals surface area contributed by atoms with E-state index in [1.165, 1.54) is 0 Å². The van der Waals surface area contributed by atoms with E-state index in [9.17, 15) is 0 Å². The van der Waals surface area contributed by atoms with Crippen LogP contribution in [0.2, 0.25) is 0 Å². The van der Waals surface area contributed by atoms with E-state index in [0.29, 0.717) is 0 Å². The molecule has 7 heavy (non-hydrogen) atoms. The zero-order chi connectivity index (χ0) is 0. The van der Waals surface area contributed by atoms with Crippen molar-refractivity contribution in [1.29, 1.82) is 0 Å². The summed E-state index contributed by atoms with van der Waals surface area (Å²) in [6.07, 6.45) is 0. The van der Waals surface area contributed by atoms with Gasteiger partial charge in [0.05, 0.1) is 0 Å². The number of rotatable bonds is 0. The Morgan fingerprint density at radius 2 is 0.571 bits per heavy atom. The summed E-state index contributed by atoms with van der Waals surface area (Å²) in [6.45, 7) is 0. The SMILES string of the molecule is [Mg+2].[OH-].[OH-].[OH-].[OH-].[Ti].[Zn+2]. The molecule has 0 radical (unpaired) electrons. The number of hydrogen-bond acceptors (Lipinski definition) is 4.